The predicted molar refractivity (Wildman–Crippen MR) is 118 cm³/mol. The lowest BCUT2D eigenvalue weighted by Gasteiger charge is -2.30. The molecule has 0 radical (unpaired) electrons. The molecule has 0 aromatic heterocycles. The Morgan fingerprint density at radius 3 is 2.09 bits per heavy atom. The molecule has 0 heterocycles. The maximum Gasteiger partial charge on any atom is 0.416 e. The molecule has 0 unspecified atom stereocenters. The van der Waals surface area contributed by atoms with Crippen molar-refractivity contribution in [3.63, 3.8) is 0 Å². The number of anilines is 1. The first-order valence-electron chi connectivity index (χ1n) is 10.4. The second kappa shape index (κ2) is 9.92. The lowest BCUT2D eigenvalue weighted by Crippen LogP contribution is -2.49. The van der Waals surface area contributed by atoms with Gasteiger partial charge in [0.2, 0.25) is 15.9 Å². The predicted octanol–water partition coefficient (Wildman–Crippen LogP) is 3.86. The van der Waals surface area contributed by atoms with Crippen molar-refractivity contribution in [1.82, 2.24) is 4.72 Å². The van der Waals surface area contributed by atoms with E-state index in [9.17, 15) is 26.4 Å². The van der Waals surface area contributed by atoms with Crippen molar-refractivity contribution >= 4 is 27.5 Å². The molecule has 1 aliphatic carbocycles. The van der Waals surface area contributed by atoms with Gasteiger partial charge in [0, 0.05) is 11.3 Å². The van der Waals surface area contributed by atoms with Gasteiger partial charge in [0.15, 0.2) is 0 Å². The number of halogens is 3. The number of benzene rings is 2. The molecule has 33 heavy (non-hydrogen) atoms. The second-order valence-electron chi connectivity index (χ2n) is 8.00. The number of hydrogen-bond acceptors (Lipinski definition) is 4. The molecule has 2 aromatic rings. The molecule has 7 nitrogen and oxygen atoms in total. The van der Waals surface area contributed by atoms with Crippen LogP contribution >= 0.6 is 0 Å². The molecular weight excluding hydrogens is 457 g/mol. The summed E-state index contributed by atoms with van der Waals surface area (Å²) in [5.41, 5.74) is 5.34. The molecule has 1 amide bonds. The number of carbonyl (C=O) groups is 1. The number of amidine groups is 1. The molecule has 11 heteroatoms. The number of sulfonamides is 1. The Kier molecular flexibility index (Phi) is 7.43. The summed E-state index contributed by atoms with van der Waals surface area (Å²) >= 11 is 0. The van der Waals surface area contributed by atoms with Gasteiger partial charge < -0.3 is 11.1 Å². The Labute approximate surface area is 190 Å². The molecular formula is C22H25F3N4O3S. The van der Waals surface area contributed by atoms with Crippen molar-refractivity contribution in [2.45, 2.75) is 49.2 Å². The van der Waals surface area contributed by atoms with E-state index >= 15 is 0 Å². The van der Waals surface area contributed by atoms with Crippen LogP contribution in [-0.2, 0) is 21.0 Å². The van der Waals surface area contributed by atoms with Gasteiger partial charge in [-0.05, 0) is 67.3 Å². The molecule has 0 bridgehead atoms. The summed E-state index contributed by atoms with van der Waals surface area (Å²) in [5, 5.41) is 10.1. The summed E-state index contributed by atoms with van der Waals surface area (Å²) in [6.45, 7) is 0. The van der Waals surface area contributed by atoms with Gasteiger partial charge in [-0.3, -0.25) is 10.2 Å². The Hall–Kier alpha value is -2.92. The Balaban J connectivity index is 1.82. The van der Waals surface area contributed by atoms with Crippen molar-refractivity contribution in [3.8, 4) is 0 Å². The molecule has 1 atom stereocenters. The Morgan fingerprint density at radius 2 is 1.58 bits per heavy atom. The van der Waals surface area contributed by atoms with Crippen LogP contribution in [0.2, 0.25) is 0 Å². The SMILES string of the molecule is N=C(N)c1ccc(NC(=O)[C@H](NS(=O)(=O)c2ccc(C(F)(F)F)cc2)C2CCCCC2)cc1. The zero-order valence-corrected chi connectivity index (χ0v) is 18.5. The first-order valence-corrected chi connectivity index (χ1v) is 11.9. The van der Waals surface area contributed by atoms with Crippen LogP contribution in [0, 0.1) is 11.3 Å². The van der Waals surface area contributed by atoms with E-state index in [2.05, 4.69) is 10.0 Å². The summed E-state index contributed by atoms with van der Waals surface area (Å²) in [4.78, 5) is 12.7. The smallest absolute Gasteiger partial charge is 0.384 e. The van der Waals surface area contributed by atoms with Crippen LogP contribution < -0.4 is 15.8 Å². The number of nitrogen functional groups attached to an aromatic ring is 1. The second-order valence-corrected chi connectivity index (χ2v) is 9.71. The van der Waals surface area contributed by atoms with Gasteiger partial charge in [0.1, 0.15) is 11.9 Å². The van der Waals surface area contributed by atoms with Gasteiger partial charge in [0.25, 0.3) is 0 Å². The van der Waals surface area contributed by atoms with Crippen molar-refractivity contribution in [1.29, 1.82) is 5.41 Å². The van der Waals surface area contributed by atoms with Crippen LogP contribution in [0.1, 0.15) is 43.2 Å². The van der Waals surface area contributed by atoms with E-state index in [1.54, 1.807) is 24.3 Å². The summed E-state index contributed by atoms with van der Waals surface area (Å²) in [7, 11) is -4.25. The van der Waals surface area contributed by atoms with Gasteiger partial charge in [-0.15, -0.1) is 0 Å². The van der Waals surface area contributed by atoms with Crippen LogP contribution in [0.3, 0.4) is 0 Å². The minimum absolute atomic E-state index is 0.128. The molecule has 1 fully saturated rings. The Bertz CT molecular complexity index is 1100. The monoisotopic (exact) mass is 482 g/mol. The van der Waals surface area contributed by atoms with Crippen molar-refractivity contribution in [2.24, 2.45) is 11.7 Å². The van der Waals surface area contributed by atoms with E-state index in [0.717, 1.165) is 31.4 Å². The summed E-state index contributed by atoms with van der Waals surface area (Å²) in [6.07, 6.45) is -0.595. The van der Waals surface area contributed by atoms with Crippen LogP contribution in [-0.4, -0.2) is 26.2 Å². The fraction of sp³-hybridized carbons (Fsp3) is 0.364. The summed E-state index contributed by atoms with van der Waals surface area (Å²) in [5.74, 6) is -0.940. The largest absolute Gasteiger partial charge is 0.416 e. The van der Waals surface area contributed by atoms with E-state index in [4.69, 9.17) is 11.1 Å². The zero-order valence-electron chi connectivity index (χ0n) is 17.7. The topological polar surface area (TPSA) is 125 Å². The lowest BCUT2D eigenvalue weighted by molar-refractivity contribution is -0.137. The summed E-state index contributed by atoms with van der Waals surface area (Å²) < 4.78 is 66.7. The van der Waals surface area contributed by atoms with Crippen LogP contribution in [0.5, 0.6) is 0 Å². The highest BCUT2D eigenvalue weighted by molar-refractivity contribution is 7.89. The number of hydrogen-bond donors (Lipinski definition) is 4. The highest BCUT2D eigenvalue weighted by atomic mass is 32.2. The van der Waals surface area contributed by atoms with E-state index in [1.165, 1.54) is 0 Å². The number of rotatable bonds is 7. The van der Waals surface area contributed by atoms with Gasteiger partial charge in [0.05, 0.1) is 10.5 Å². The highest BCUT2D eigenvalue weighted by Gasteiger charge is 2.35. The number of alkyl halides is 3. The molecule has 1 aliphatic rings. The third kappa shape index (κ3) is 6.32. The number of carbonyl (C=O) groups excluding carboxylic acids is 1. The molecule has 2 aromatic carbocycles. The summed E-state index contributed by atoms with van der Waals surface area (Å²) in [6, 6.07) is 8.27. The lowest BCUT2D eigenvalue weighted by atomic mass is 9.84. The molecule has 0 spiro atoms. The van der Waals surface area contributed by atoms with E-state index in [-0.39, 0.29) is 16.6 Å². The molecule has 0 aliphatic heterocycles. The van der Waals surface area contributed by atoms with E-state index in [1.807, 2.05) is 0 Å². The fourth-order valence-corrected chi connectivity index (χ4v) is 5.11. The van der Waals surface area contributed by atoms with E-state index in [0.29, 0.717) is 36.2 Å². The molecule has 3 rings (SSSR count). The third-order valence-electron chi connectivity index (χ3n) is 5.64. The van der Waals surface area contributed by atoms with Gasteiger partial charge >= 0.3 is 6.18 Å². The van der Waals surface area contributed by atoms with Gasteiger partial charge in [-0.25, -0.2) is 8.42 Å². The maximum atomic E-state index is 13.1. The van der Waals surface area contributed by atoms with Crippen LogP contribution in [0.25, 0.3) is 0 Å². The van der Waals surface area contributed by atoms with Crippen molar-refractivity contribution in [2.75, 3.05) is 5.32 Å². The normalized spacial score (nSPS) is 16.2. The van der Waals surface area contributed by atoms with Crippen molar-refractivity contribution in [3.05, 3.63) is 59.7 Å². The van der Waals surface area contributed by atoms with Gasteiger partial charge in [-0.2, -0.15) is 17.9 Å². The average Bonchev–Trinajstić information content (AvgIpc) is 2.78. The third-order valence-corrected chi connectivity index (χ3v) is 7.10. The number of amides is 1. The minimum Gasteiger partial charge on any atom is -0.384 e. The number of nitrogens with two attached hydrogens (primary N) is 1. The molecule has 178 valence electrons. The van der Waals surface area contributed by atoms with E-state index < -0.39 is 33.7 Å². The minimum atomic E-state index is -4.59. The molecule has 0 saturated heterocycles. The Morgan fingerprint density at radius 1 is 1.00 bits per heavy atom. The van der Waals surface area contributed by atoms with Gasteiger partial charge in [-0.1, -0.05) is 19.3 Å². The average molecular weight is 483 g/mol. The quantitative estimate of drug-likeness (QED) is 0.353. The standard InChI is InChI=1S/C22H25F3N4O3S/c23-22(24,25)16-8-12-18(13-9-16)33(31,32)29-19(14-4-2-1-3-5-14)21(30)28-17-10-6-15(7-11-17)20(26)27/h6-14,19,29H,1-5H2,(H3,26,27)(H,28,30)/t19-/m1/s1. The molecule has 1 saturated carbocycles. The fourth-order valence-electron chi connectivity index (χ4n) is 3.84. The number of nitrogens with one attached hydrogen (secondary N) is 3. The van der Waals surface area contributed by atoms with Crippen LogP contribution in [0.15, 0.2) is 53.4 Å². The molecule has 5 N–H and O–H groups in total. The van der Waals surface area contributed by atoms with Crippen molar-refractivity contribution < 1.29 is 26.4 Å². The maximum absolute atomic E-state index is 13.1. The zero-order chi connectivity index (χ0) is 24.2. The first kappa shape index (κ1) is 24.7. The highest BCUT2D eigenvalue weighted by Crippen LogP contribution is 2.31. The van der Waals surface area contributed by atoms with Crippen LogP contribution in [0.4, 0.5) is 18.9 Å². The first-order chi connectivity index (χ1) is 15.5.